The van der Waals surface area contributed by atoms with Crippen LogP contribution < -0.4 is 30.5 Å². The molecule has 49 heavy (non-hydrogen) atoms. The van der Waals surface area contributed by atoms with E-state index in [0.717, 1.165) is 21.1 Å². The van der Waals surface area contributed by atoms with E-state index in [1.165, 1.54) is 67.0 Å². The lowest BCUT2D eigenvalue weighted by molar-refractivity contribution is 1.10. The molecule has 7 heteroatoms. The predicted octanol–water partition coefficient (Wildman–Crippen LogP) is 8.16. The van der Waals surface area contributed by atoms with Crippen molar-refractivity contribution in [2.75, 3.05) is 9.80 Å². The van der Waals surface area contributed by atoms with Gasteiger partial charge in [-0.1, -0.05) is 110 Å². The molecule has 1 aromatic heterocycles. The van der Waals surface area contributed by atoms with Crippen LogP contribution in [0.1, 0.15) is 13.8 Å². The van der Waals surface area contributed by atoms with Gasteiger partial charge in [0.1, 0.15) is 27.6 Å². The molecule has 0 amide bonds. The van der Waals surface area contributed by atoms with Crippen LogP contribution in [0, 0.1) is 0 Å². The minimum atomic E-state index is -1.25. The van der Waals surface area contributed by atoms with Crippen LogP contribution >= 0.6 is 11.3 Å². The highest BCUT2D eigenvalue weighted by atomic mass is 32.1. The number of benzene rings is 6. The van der Waals surface area contributed by atoms with Gasteiger partial charge in [-0.05, 0) is 93.5 Å². The molecule has 3 heterocycles. The number of aromatic nitrogens is 2. The van der Waals surface area contributed by atoms with Gasteiger partial charge >= 0.3 is 0 Å². The van der Waals surface area contributed by atoms with Gasteiger partial charge in [-0.2, -0.15) is 0 Å². The van der Waals surface area contributed by atoms with Crippen molar-refractivity contribution in [3.63, 3.8) is 0 Å². The van der Waals surface area contributed by atoms with E-state index in [0.29, 0.717) is 0 Å². The summed E-state index contributed by atoms with van der Waals surface area (Å²) in [6, 6.07) is 56.0. The van der Waals surface area contributed by atoms with Crippen molar-refractivity contribution < 1.29 is 0 Å². The average molecular weight is 685 g/mol. The monoisotopic (exact) mass is 684 g/mol. The van der Waals surface area contributed by atoms with Gasteiger partial charge in [0.15, 0.2) is 0 Å². The molecule has 0 radical (unpaired) electrons. The summed E-state index contributed by atoms with van der Waals surface area (Å²) in [5.41, 5.74) is 9.77. The molecule has 0 fully saturated rings. The highest BCUT2D eigenvalue weighted by Gasteiger charge is 2.32. The summed E-state index contributed by atoms with van der Waals surface area (Å²) in [4.78, 5) is 4.87. The lowest BCUT2D eigenvalue weighted by Gasteiger charge is -2.37. The zero-order valence-electron chi connectivity index (χ0n) is 27.6. The molecule has 0 saturated carbocycles. The first-order chi connectivity index (χ1) is 24.2. The van der Waals surface area contributed by atoms with Crippen molar-refractivity contribution >= 4 is 83.8 Å². The van der Waals surface area contributed by atoms with E-state index in [-0.39, 0.29) is 0 Å². The molecule has 0 saturated heterocycles. The molecule has 0 atom stereocenters. The number of anilines is 6. The highest BCUT2D eigenvalue weighted by Crippen LogP contribution is 2.40. The van der Waals surface area contributed by atoms with E-state index in [9.17, 15) is 0 Å². The highest BCUT2D eigenvalue weighted by molar-refractivity contribution is 7.17. The van der Waals surface area contributed by atoms with Crippen LogP contribution in [0.3, 0.4) is 0 Å². The minimum absolute atomic E-state index is 0.929. The fourth-order valence-corrected chi connectivity index (χ4v) is 14.9. The van der Waals surface area contributed by atoms with Crippen LogP contribution in [0.15, 0.2) is 146 Å². The Morgan fingerprint density at radius 2 is 0.735 bits per heavy atom. The van der Waals surface area contributed by atoms with Crippen molar-refractivity contribution in [1.29, 1.82) is 0 Å². The van der Waals surface area contributed by atoms with Gasteiger partial charge in [-0.25, -0.2) is 0 Å². The topological polar surface area (TPSA) is 32.3 Å². The SMILES string of the molecule is CC[SiH]1c2ccccc2N(c2ccc(-c3nnc(-c4ccc(N5c6ccccc6[SiH](CC)c6ccccc65)cc4)s3)cc2)c2ccccc21. The van der Waals surface area contributed by atoms with Crippen molar-refractivity contribution in [3.05, 3.63) is 146 Å². The van der Waals surface area contributed by atoms with Crippen LogP contribution in [-0.2, 0) is 0 Å². The molecule has 0 bridgehead atoms. The van der Waals surface area contributed by atoms with E-state index in [2.05, 4.69) is 179 Å². The molecular weight excluding hydrogens is 649 g/mol. The Morgan fingerprint density at radius 1 is 0.429 bits per heavy atom. The minimum Gasteiger partial charge on any atom is -0.311 e. The maximum absolute atomic E-state index is 4.64. The number of rotatable bonds is 6. The number of nitrogens with zero attached hydrogens (tertiary/aromatic N) is 4. The molecule has 9 rings (SSSR count). The summed E-state index contributed by atoms with van der Waals surface area (Å²) in [5.74, 6) is 0. The summed E-state index contributed by atoms with van der Waals surface area (Å²) < 4.78 is 0. The zero-order valence-corrected chi connectivity index (χ0v) is 30.7. The second kappa shape index (κ2) is 12.4. The summed E-state index contributed by atoms with van der Waals surface area (Å²) in [6.07, 6.45) is 0. The summed E-state index contributed by atoms with van der Waals surface area (Å²) in [5, 5.41) is 17.2. The van der Waals surface area contributed by atoms with Crippen molar-refractivity contribution in [3.8, 4) is 21.1 Å². The van der Waals surface area contributed by atoms with Crippen molar-refractivity contribution in [1.82, 2.24) is 10.2 Å². The summed E-state index contributed by atoms with van der Waals surface area (Å²) in [7, 11) is -2.51. The van der Waals surface area contributed by atoms with Crippen LogP contribution in [0.25, 0.3) is 21.1 Å². The van der Waals surface area contributed by atoms with E-state index in [1.807, 2.05) is 0 Å². The van der Waals surface area contributed by atoms with E-state index in [4.69, 9.17) is 0 Å². The lowest BCUT2D eigenvalue weighted by atomic mass is 10.1. The third-order valence-corrected chi connectivity index (χ3v) is 17.8. The molecule has 0 spiro atoms. The maximum Gasteiger partial charge on any atom is 0.148 e. The fraction of sp³-hybridized carbons (Fsp3) is 0.0952. The van der Waals surface area contributed by atoms with E-state index >= 15 is 0 Å². The maximum atomic E-state index is 4.64. The van der Waals surface area contributed by atoms with E-state index < -0.39 is 17.6 Å². The molecule has 238 valence electrons. The van der Waals surface area contributed by atoms with Gasteiger partial charge in [-0.15, -0.1) is 10.2 Å². The number of hydrogen-bond donors (Lipinski definition) is 0. The number of hydrogen-bond acceptors (Lipinski definition) is 5. The zero-order chi connectivity index (χ0) is 32.9. The van der Waals surface area contributed by atoms with Gasteiger partial charge in [0, 0.05) is 45.3 Å². The first-order valence-electron chi connectivity index (χ1n) is 17.2. The molecule has 6 aromatic carbocycles. The summed E-state index contributed by atoms with van der Waals surface area (Å²) in [6.45, 7) is 4.68. The van der Waals surface area contributed by atoms with Gasteiger partial charge in [-0.3, -0.25) is 0 Å². The normalized spacial score (nSPS) is 13.8. The standard InChI is InChI=1S/C42H36N4SSi2/c1-3-48-37-17-9-5-13-33(37)45(34-14-6-10-18-38(34)48)31-25-21-29(22-26-31)41-43-44-42(47-41)30-23-27-32(28-24-30)46-35-15-7-11-19-39(35)49(4-2)40-20-12-8-16-36(40)46/h5-28,48-49H,3-4H2,1-2H3. The third kappa shape index (κ3) is 5.00. The first kappa shape index (κ1) is 30.0. The molecule has 4 nitrogen and oxygen atoms in total. The second-order valence-corrected chi connectivity index (χ2v) is 20.1. The Balaban J connectivity index is 1.01. The number of para-hydroxylation sites is 4. The largest absolute Gasteiger partial charge is 0.311 e. The molecule has 7 aromatic rings. The third-order valence-electron chi connectivity index (χ3n) is 10.2. The Bertz CT molecular complexity index is 2040. The Kier molecular flexibility index (Phi) is 7.61. The first-order valence-corrected chi connectivity index (χ1v) is 22.0. The summed E-state index contributed by atoms with van der Waals surface area (Å²) >= 11 is 1.64. The van der Waals surface area contributed by atoms with E-state index in [1.54, 1.807) is 11.3 Å². The van der Waals surface area contributed by atoms with Crippen LogP contribution in [0.4, 0.5) is 34.1 Å². The molecular formula is C42H36N4SSi2. The van der Waals surface area contributed by atoms with Gasteiger partial charge in [0.2, 0.25) is 0 Å². The predicted molar refractivity (Wildman–Crippen MR) is 214 cm³/mol. The smallest absolute Gasteiger partial charge is 0.148 e. The van der Waals surface area contributed by atoms with Crippen LogP contribution in [-0.4, -0.2) is 27.8 Å². The molecule has 2 aliphatic rings. The van der Waals surface area contributed by atoms with Crippen LogP contribution in [0.5, 0.6) is 0 Å². The second-order valence-electron chi connectivity index (χ2n) is 12.8. The lowest BCUT2D eigenvalue weighted by Crippen LogP contribution is -2.49. The Morgan fingerprint density at radius 3 is 1.04 bits per heavy atom. The van der Waals surface area contributed by atoms with Crippen LogP contribution in [0.2, 0.25) is 12.1 Å². The van der Waals surface area contributed by atoms with Crippen molar-refractivity contribution in [2.24, 2.45) is 0 Å². The quantitative estimate of drug-likeness (QED) is 0.166. The molecule has 2 aliphatic heterocycles. The van der Waals surface area contributed by atoms with Gasteiger partial charge in [0.25, 0.3) is 0 Å². The average Bonchev–Trinajstić information content (AvgIpc) is 3.67. The van der Waals surface area contributed by atoms with Crippen molar-refractivity contribution in [2.45, 2.75) is 25.9 Å². The fourth-order valence-electron chi connectivity index (χ4n) is 7.94. The number of fused-ring (bicyclic) bond motifs is 4. The van der Waals surface area contributed by atoms with Gasteiger partial charge < -0.3 is 9.80 Å². The Hall–Kier alpha value is -5.09. The molecule has 0 unspecified atom stereocenters. The molecule has 0 N–H and O–H groups in total. The molecule has 0 aliphatic carbocycles. The van der Waals surface area contributed by atoms with Gasteiger partial charge in [0.05, 0.1) is 0 Å². The Labute approximate surface area is 295 Å².